The number of alkyl carbamates (subject to hydrolysis) is 1. The molecule has 1 aliphatic rings. The molecule has 1 saturated carbocycles. The smallest absolute Gasteiger partial charge is 0.407 e. The molecule has 1 fully saturated rings. The van der Waals surface area contributed by atoms with Crippen LogP contribution in [0.15, 0.2) is 12.3 Å². The van der Waals surface area contributed by atoms with Crippen LogP contribution in [-0.2, 0) is 4.74 Å². The number of ether oxygens (including phenoxy) is 1. The van der Waals surface area contributed by atoms with E-state index in [0.717, 1.165) is 36.3 Å². The van der Waals surface area contributed by atoms with Crippen LogP contribution in [0.4, 0.5) is 16.4 Å². The van der Waals surface area contributed by atoms with Gasteiger partial charge in [0.1, 0.15) is 6.10 Å². The number of aryl methyl sites for hydroxylation is 2. The van der Waals surface area contributed by atoms with Gasteiger partial charge in [-0.2, -0.15) is 5.10 Å². The Kier molecular flexibility index (Phi) is 5.39. The maximum atomic E-state index is 11.7. The van der Waals surface area contributed by atoms with Gasteiger partial charge in [-0.05, 0) is 47.0 Å². The average Bonchev–Trinajstić information content (AvgIpc) is 3.18. The zero-order valence-electron chi connectivity index (χ0n) is 15.7. The van der Waals surface area contributed by atoms with Crippen LogP contribution in [0, 0.1) is 13.8 Å². The van der Waals surface area contributed by atoms with Crippen molar-refractivity contribution in [3.05, 3.63) is 29.3 Å². The fourth-order valence-corrected chi connectivity index (χ4v) is 3.20. The van der Waals surface area contributed by atoms with Gasteiger partial charge in [0.15, 0.2) is 11.6 Å². The second kappa shape index (κ2) is 7.72. The number of nitrogens with zero attached hydrogens (tertiary/aromatic N) is 3. The number of carbonyl (C=O) groups is 1. The summed E-state index contributed by atoms with van der Waals surface area (Å²) in [5.74, 6) is 1.72. The number of carbonyl (C=O) groups excluding carboxylic acids is 1. The number of amides is 1. The summed E-state index contributed by atoms with van der Waals surface area (Å²) in [4.78, 5) is 20.5. The molecule has 1 aliphatic carbocycles. The van der Waals surface area contributed by atoms with Crippen molar-refractivity contribution >= 4 is 17.7 Å². The normalized spacial score (nSPS) is 19.6. The fourth-order valence-electron chi connectivity index (χ4n) is 3.20. The molecule has 0 spiro atoms. The van der Waals surface area contributed by atoms with E-state index in [0.29, 0.717) is 17.6 Å². The lowest BCUT2D eigenvalue weighted by atomic mass is 10.0. The quantitative estimate of drug-likeness (QED) is 0.757. The Morgan fingerprint density at radius 3 is 2.88 bits per heavy atom. The van der Waals surface area contributed by atoms with Crippen LogP contribution in [-0.4, -0.2) is 38.4 Å². The molecule has 2 atom stereocenters. The molecule has 1 amide bonds. The van der Waals surface area contributed by atoms with Gasteiger partial charge in [0, 0.05) is 23.7 Å². The second-order valence-corrected chi connectivity index (χ2v) is 7.12. The Hall–Kier alpha value is -2.64. The summed E-state index contributed by atoms with van der Waals surface area (Å²) in [5, 5.41) is 13.4. The molecule has 140 valence electrons. The first kappa shape index (κ1) is 18.2. The first-order chi connectivity index (χ1) is 12.4. The first-order valence-corrected chi connectivity index (χ1v) is 9.00. The Balaban J connectivity index is 1.57. The third-order valence-corrected chi connectivity index (χ3v) is 4.42. The molecule has 2 aromatic heterocycles. The summed E-state index contributed by atoms with van der Waals surface area (Å²) < 4.78 is 5.49. The average molecular weight is 358 g/mol. The van der Waals surface area contributed by atoms with Crippen molar-refractivity contribution in [2.24, 2.45) is 0 Å². The predicted octanol–water partition coefficient (Wildman–Crippen LogP) is 3.33. The summed E-state index contributed by atoms with van der Waals surface area (Å²) in [6, 6.07) is 2.07. The van der Waals surface area contributed by atoms with E-state index in [2.05, 4.69) is 30.8 Å². The minimum Gasteiger partial charge on any atom is -0.446 e. The van der Waals surface area contributed by atoms with E-state index in [1.165, 1.54) is 0 Å². The summed E-state index contributed by atoms with van der Waals surface area (Å²) in [6.45, 7) is 7.66. The van der Waals surface area contributed by atoms with Gasteiger partial charge >= 0.3 is 6.09 Å². The SMILES string of the molecule is Cc1cnc(Nc2cc([C@H]3CC[C@@H](OC(=O)NC(C)C)C3)[nH]n2)c(C)n1. The molecule has 3 rings (SSSR count). The molecule has 26 heavy (non-hydrogen) atoms. The molecule has 0 radical (unpaired) electrons. The van der Waals surface area contributed by atoms with Gasteiger partial charge in [0.05, 0.1) is 17.6 Å². The Morgan fingerprint density at radius 2 is 2.15 bits per heavy atom. The van der Waals surface area contributed by atoms with Gasteiger partial charge in [-0.15, -0.1) is 0 Å². The monoisotopic (exact) mass is 358 g/mol. The summed E-state index contributed by atoms with van der Waals surface area (Å²) >= 11 is 0. The molecule has 8 nitrogen and oxygen atoms in total. The Labute approximate surface area is 153 Å². The Morgan fingerprint density at radius 1 is 1.35 bits per heavy atom. The summed E-state index contributed by atoms with van der Waals surface area (Å²) in [6.07, 6.45) is 3.96. The van der Waals surface area contributed by atoms with E-state index < -0.39 is 0 Å². The van der Waals surface area contributed by atoms with Crippen LogP contribution in [0.2, 0.25) is 0 Å². The number of nitrogens with one attached hydrogen (secondary N) is 3. The van der Waals surface area contributed by atoms with Gasteiger partial charge < -0.3 is 15.4 Å². The van der Waals surface area contributed by atoms with Crippen molar-refractivity contribution in [3.63, 3.8) is 0 Å². The highest BCUT2D eigenvalue weighted by molar-refractivity contribution is 5.67. The maximum absolute atomic E-state index is 11.7. The minimum atomic E-state index is -0.342. The highest BCUT2D eigenvalue weighted by atomic mass is 16.6. The number of aromatic nitrogens is 4. The third-order valence-electron chi connectivity index (χ3n) is 4.42. The second-order valence-electron chi connectivity index (χ2n) is 7.12. The number of aromatic amines is 1. The molecular weight excluding hydrogens is 332 g/mol. The van der Waals surface area contributed by atoms with E-state index in [9.17, 15) is 4.79 Å². The van der Waals surface area contributed by atoms with E-state index in [1.807, 2.05) is 33.8 Å². The number of H-pyrrole nitrogens is 1. The van der Waals surface area contributed by atoms with Crippen LogP contribution >= 0.6 is 0 Å². The molecule has 2 aromatic rings. The number of anilines is 2. The lowest BCUT2D eigenvalue weighted by Gasteiger charge is -2.14. The summed E-state index contributed by atoms with van der Waals surface area (Å²) in [5.41, 5.74) is 2.76. The van der Waals surface area contributed by atoms with Crippen molar-refractivity contribution in [1.29, 1.82) is 0 Å². The zero-order chi connectivity index (χ0) is 18.7. The van der Waals surface area contributed by atoms with E-state index >= 15 is 0 Å². The highest BCUT2D eigenvalue weighted by Crippen LogP contribution is 2.36. The van der Waals surface area contributed by atoms with Crippen LogP contribution in [0.1, 0.15) is 56.1 Å². The van der Waals surface area contributed by atoms with Crippen LogP contribution in [0.25, 0.3) is 0 Å². The van der Waals surface area contributed by atoms with Crippen molar-refractivity contribution in [2.75, 3.05) is 5.32 Å². The molecule has 0 saturated heterocycles. The van der Waals surface area contributed by atoms with Crippen molar-refractivity contribution < 1.29 is 9.53 Å². The fraction of sp³-hybridized carbons (Fsp3) is 0.556. The maximum Gasteiger partial charge on any atom is 0.407 e. The van der Waals surface area contributed by atoms with Crippen LogP contribution in [0.5, 0.6) is 0 Å². The molecule has 3 N–H and O–H groups in total. The lowest BCUT2D eigenvalue weighted by Crippen LogP contribution is -2.33. The largest absolute Gasteiger partial charge is 0.446 e. The lowest BCUT2D eigenvalue weighted by molar-refractivity contribution is 0.0981. The van der Waals surface area contributed by atoms with E-state index in [4.69, 9.17) is 4.74 Å². The molecule has 0 aromatic carbocycles. The predicted molar refractivity (Wildman–Crippen MR) is 98.5 cm³/mol. The molecule has 2 heterocycles. The zero-order valence-corrected chi connectivity index (χ0v) is 15.7. The van der Waals surface area contributed by atoms with Gasteiger partial charge in [0.25, 0.3) is 0 Å². The molecule has 8 heteroatoms. The van der Waals surface area contributed by atoms with E-state index in [1.54, 1.807) is 6.20 Å². The third kappa shape index (κ3) is 4.50. The van der Waals surface area contributed by atoms with Gasteiger partial charge in [-0.3, -0.25) is 10.1 Å². The van der Waals surface area contributed by atoms with Crippen molar-refractivity contribution in [1.82, 2.24) is 25.5 Å². The van der Waals surface area contributed by atoms with E-state index in [-0.39, 0.29) is 18.2 Å². The van der Waals surface area contributed by atoms with Crippen molar-refractivity contribution in [3.8, 4) is 0 Å². The van der Waals surface area contributed by atoms with Crippen LogP contribution in [0.3, 0.4) is 0 Å². The number of rotatable bonds is 5. The first-order valence-electron chi connectivity index (χ1n) is 9.00. The molecule has 0 aliphatic heterocycles. The Bertz CT molecular complexity index is 773. The van der Waals surface area contributed by atoms with Gasteiger partial charge in [0.2, 0.25) is 0 Å². The van der Waals surface area contributed by atoms with Crippen LogP contribution < -0.4 is 10.6 Å². The molecule has 0 bridgehead atoms. The number of hydrogen-bond acceptors (Lipinski definition) is 6. The minimum absolute atomic E-state index is 0.0522. The summed E-state index contributed by atoms with van der Waals surface area (Å²) in [7, 11) is 0. The van der Waals surface area contributed by atoms with Gasteiger partial charge in [-0.1, -0.05) is 0 Å². The molecule has 0 unspecified atom stereocenters. The van der Waals surface area contributed by atoms with Crippen molar-refractivity contribution in [2.45, 2.75) is 65.0 Å². The highest BCUT2D eigenvalue weighted by Gasteiger charge is 2.30. The number of hydrogen-bond donors (Lipinski definition) is 3. The standard InChI is InChI=1S/C18H26N6O2/c1-10(2)20-18(25)26-14-6-5-13(7-14)15-8-16(24-23-15)22-17-12(4)21-11(3)9-19-17/h8-10,13-14H,5-7H2,1-4H3,(H,20,25)(H2,19,22,23,24)/t13-,14+/m0/s1. The van der Waals surface area contributed by atoms with Gasteiger partial charge in [-0.25, -0.2) is 9.78 Å². The molecular formula is C18H26N6O2. The topological polar surface area (TPSA) is 105 Å².